The molecule has 10 nitrogen and oxygen atoms in total. The van der Waals surface area contributed by atoms with Crippen LogP contribution in [-0.2, 0) is 16.0 Å². The Morgan fingerprint density at radius 3 is 2.38 bits per heavy atom. The fourth-order valence-electron chi connectivity index (χ4n) is 5.59. The van der Waals surface area contributed by atoms with Crippen LogP contribution in [0.25, 0.3) is 11.0 Å². The molecule has 0 saturated carbocycles. The Bertz CT molecular complexity index is 1410. The number of aromatic nitrogens is 2. The largest absolute Gasteiger partial charge is 0.573 e. The number of amides is 2. The smallest absolute Gasteiger partial charge is 0.406 e. The summed E-state index contributed by atoms with van der Waals surface area (Å²) < 4.78 is 49.1. The normalized spacial score (nSPS) is 23.1. The van der Waals surface area contributed by atoms with E-state index < -0.39 is 59.8 Å². The molecule has 2 heterocycles. The summed E-state index contributed by atoms with van der Waals surface area (Å²) in [4.78, 5) is 34.4. The van der Waals surface area contributed by atoms with Crippen LogP contribution in [0.2, 0.25) is 0 Å². The number of nitrogens with one attached hydrogen (secondary N) is 1. The van der Waals surface area contributed by atoms with Crippen molar-refractivity contribution < 1.29 is 42.4 Å². The molecule has 5 N–H and O–H groups in total. The van der Waals surface area contributed by atoms with Crippen LogP contribution in [0.1, 0.15) is 49.2 Å². The van der Waals surface area contributed by atoms with E-state index in [2.05, 4.69) is 20.0 Å². The van der Waals surface area contributed by atoms with Crippen molar-refractivity contribution in [3.05, 3.63) is 66.0 Å². The third-order valence-corrected chi connectivity index (χ3v) is 7.32. The Labute approximate surface area is 240 Å². The van der Waals surface area contributed by atoms with E-state index in [-0.39, 0.29) is 36.9 Å². The minimum atomic E-state index is -4.98. The van der Waals surface area contributed by atoms with Gasteiger partial charge in [-0.15, -0.1) is 13.2 Å². The van der Waals surface area contributed by atoms with Gasteiger partial charge in [-0.25, -0.2) is 4.98 Å². The summed E-state index contributed by atoms with van der Waals surface area (Å²) in [7, 11) is 0. The minimum Gasteiger partial charge on any atom is -0.406 e. The number of nitrogens with zero attached hydrogens (tertiary/aromatic N) is 2. The highest BCUT2D eigenvalue weighted by atomic mass is 19.4. The number of ether oxygens (including phenoxy) is 2. The van der Waals surface area contributed by atoms with Crippen molar-refractivity contribution in [3.63, 3.8) is 0 Å². The fourth-order valence-corrected chi connectivity index (χ4v) is 5.59. The number of rotatable bonds is 10. The molecular formula is C29H33F3N4O6. The van der Waals surface area contributed by atoms with Gasteiger partial charge in [-0.1, -0.05) is 30.3 Å². The lowest BCUT2D eigenvalue weighted by Crippen LogP contribution is -2.55. The standard InChI is InChI=1S/C29H33F3N4O6/c1-16-13-28(40,14-17(2)41-16)19(26(33)38)12-24(37)22(11-18-7-3-6-10-25(18)42-29(30,31)32)36-27(39)23-15-34-20-8-4-5-9-21(20)35-23/h3-10,15-17,19,22,24,37,40H,11-14H2,1-2H3,(H2,33,38)(H,36,39). The number of fused-ring (bicyclic) bond motifs is 1. The van der Waals surface area contributed by atoms with Gasteiger partial charge in [-0.05, 0) is 50.5 Å². The Morgan fingerprint density at radius 2 is 1.74 bits per heavy atom. The third kappa shape index (κ3) is 7.72. The number of carbonyl (C=O) groups is 2. The van der Waals surface area contributed by atoms with E-state index >= 15 is 0 Å². The fraction of sp³-hybridized carbons (Fsp3) is 0.448. The van der Waals surface area contributed by atoms with Crippen molar-refractivity contribution in [1.82, 2.24) is 15.3 Å². The molecule has 1 saturated heterocycles. The van der Waals surface area contributed by atoms with E-state index in [1.165, 1.54) is 24.4 Å². The van der Waals surface area contributed by atoms with Gasteiger partial charge in [0.25, 0.3) is 5.91 Å². The number of primary amides is 1. The number of hydrogen-bond donors (Lipinski definition) is 4. The van der Waals surface area contributed by atoms with E-state index in [4.69, 9.17) is 10.5 Å². The molecule has 0 aliphatic carbocycles. The molecule has 42 heavy (non-hydrogen) atoms. The second kappa shape index (κ2) is 12.6. The number of halogens is 3. The van der Waals surface area contributed by atoms with Gasteiger partial charge in [-0.2, -0.15) is 0 Å². The average molecular weight is 591 g/mol. The third-order valence-electron chi connectivity index (χ3n) is 7.32. The second-order valence-corrected chi connectivity index (χ2v) is 10.7. The number of hydrogen-bond acceptors (Lipinski definition) is 8. The molecule has 4 rings (SSSR count). The monoisotopic (exact) mass is 590 g/mol. The first-order chi connectivity index (χ1) is 19.7. The molecule has 1 aliphatic rings. The van der Waals surface area contributed by atoms with Crippen LogP contribution in [-0.4, -0.2) is 68.3 Å². The summed E-state index contributed by atoms with van der Waals surface area (Å²) in [6.07, 6.45) is -6.63. The van der Waals surface area contributed by atoms with Crippen LogP contribution in [0.3, 0.4) is 0 Å². The van der Waals surface area contributed by atoms with Crippen LogP contribution >= 0.6 is 0 Å². The maximum Gasteiger partial charge on any atom is 0.573 e. The highest BCUT2D eigenvalue weighted by Crippen LogP contribution is 2.38. The SMILES string of the molecule is CC1CC(O)(C(CC(O)C(Cc2ccccc2OC(F)(F)F)NC(=O)c2cnc3ccccc3n2)C(N)=O)CC(C)O1. The molecule has 5 unspecified atom stereocenters. The van der Waals surface area contributed by atoms with Gasteiger partial charge in [0.05, 0.1) is 53.1 Å². The molecular weight excluding hydrogens is 557 g/mol. The Morgan fingerprint density at radius 1 is 1.12 bits per heavy atom. The quantitative estimate of drug-likeness (QED) is 0.281. The Hall–Kier alpha value is -3.81. The molecule has 1 aliphatic heterocycles. The maximum absolute atomic E-state index is 13.3. The first-order valence-corrected chi connectivity index (χ1v) is 13.5. The zero-order valence-corrected chi connectivity index (χ0v) is 23.0. The topological polar surface area (TPSA) is 157 Å². The lowest BCUT2D eigenvalue weighted by atomic mass is 9.73. The highest BCUT2D eigenvalue weighted by molar-refractivity contribution is 5.94. The predicted octanol–water partition coefficient (Wildman–Crippen LogP) is 3.04. The Balaban J connectivity index is 1.64. The van der Waals surface area contributed by atoms with Gasteiger partial charge in [-0.3, -0.25) is 14.6 Å². The molecule has 3 aromatic rings. The number of alkyl halides is 3. The van der Waals surface area contributed by atoms with Crippen LogP contribution in [0.4, 0.5) is 13.2 Å². The second-order valence-electron chi connectivity index (χ2n) is 10.7. The molecule has 2 amide bonds. The molecule has 0 radical (unpaired) electrons. The number of aliphatic hydroxyl groups is 2. The van der Waals surface area contributed by atoms with Crippen molar-refractivity contribution >= 4 is 22.8 Å². The summed E-state index contributed by atoms with van der Waals surface area (Å²) in [5.74, 6) is -3.39. The number of aliphatic hydroxyl groups excluding tert-OH is 1. The van der Waals surface area contributed by atoms with E-state index in [9.17, 15) is 33.0 Å². The number of benzene rings is 2. The van der Waals surface area contributed by atoms with Gasteiger partial charge >= 0.3 is 6.36 Å². The number of para-hydroxylation sites is 3. The molecule has 226 valence electrons. The maximum atomic E-state index is 13.3. The molecule has 1 fully saturated rings. The molecule has 5 atom stereocenters. The summed E-state index contributed by atoms with van der Waals surface area (Å²) >= 11 is 0. The van der Waals surface area contributed by atoms with Crippen molar-refractivity contribution in [1.29, 1.82) is 0 Å². The predicted molar refractivity (Wildman–Crippen MR) is 145 cm³/mol. The summed E-state index contributed by atoms with van der Waals surface area (Å²) in [6, 6.07) is 10.9. The van der Waals surface area contributed by atoms with E-state index in [0.717, 1.165) is 6.07 Å². The van der Waals surface area contributed by atoms with Gasteiger partial charge in [0.2, 0.25) is 5.91 Å². The molecule has 13 heteroatoms. The first-order valence-electron chi connectivity index (χ1n) is 13.5. The Kier molecular flexibility index (Phi) is 9.34. The molecule has 2 aromatic carbocycles. The van der Waals surface area contributed by atoms with Crippen LogP contribution in [0, 0.1) is 5.92 Å². The molecule has 0 bridgehead atoms. The summed E-state index contributed by atoms with van der Waals surface area (Å²) in [5.41, 5.74) is 4.99. The lowest BCUT2D eigenvalue weighted by molar-refractivity contribution is -0.274. The van der Waals surface area contributed by atoms with Gasteiger partial charge in [0, 0.05) is 12.8 Å². The van der Waals surface area contributed by atoms with Crippen molar-refractivity contribution in [3.8, 4) is 5.75 Å². The first kappa shape index (κ1) is 31.1. The highest BCUT2D eigenvalue weighted by Gasteiger charge is 2.47. The van der Waals surface area contributed by atoms with Crippen LogP contribution < -0.4 is 15.8 Å². The number of nitrogens with two attached hydrogens (primary N) is 1. The number of carbonyl (C=O) groups excluding carboxylic acids is 2. The van der Waals surface area contributed by atoms with Gasteiger partial charge < -0.3 is 30.7 Å². The van der Waals surface area contributed by atoms with E-state index in [1.54, 1.807) is 38.1 Å². The average Bonchev–Trinajstić information content (AvgIpc) is 2.90. The zero-order valence-electron chi connectivity index (χ0n) is 23.0. The van der Waals surface area contributed by atoms with Crippen molar-refractivity contribution in [2.24, 2.45) is 11.7 Å². The van der Waals surface area contributed by atoms with Crippen LogP contribution in [0.15, 0.2) is 54.7 Å². The van der Waals surface area contributed by atoms with E-state index in [1.807, 2.05) is 0 Å². The zero-order chi connectivity index (χ0) is 30.7. The summed E-state index contributed by atoms with van der Waals surface area (Å²) in [5, 5.41) is 25.5. The van der Waals surface area contributed by atoms with Crippen molar-refractivity contribution in [2.45, 2.75) is 75.8 Å². The van der Waals surface area contributed by atoms with Crippen LogP contribution in [0.5, 0.6) is 5.75 Å². The van der Waals surface area contributed by atoms with Gasteiger partial charge in [0.15, 0.2) is 0 Å². The summed E-state index contributed by atoms with van der Waals surface area (Å²) in [6.45, 7) is 3.47. The van der Waals surface area contributed by atoms with Crippen molar-refractivity contribution in [2.75, 3.05) is 0 Å². The molecule has 0 spiro atoms. The minimum absolute atomic E-state index is 0.0337. The molecule has 1 aromatic heterocycles. The van der Waals surface area contributed by atoms with E-state index in [0.29, 0.717) is 11.0 Å². The lowest BCUT2D eigenvalue weighted by Gasteiger charge is -2.43. The van der Waals surface area contributed by atoms with Gasteiger partial charge in [0.1, 0.15) is 11.4 Å².